The second kappa shape index (κ2) is 5.28. The lowest BCUT2D eigenvalue weighted by Crippen LogP contribution is -2.35. The molecular formula is C12H26N2O. The molecule has 3 unspecified atom stereocenters. The summed E-state index contributed by atoms with van der Waals surface area (Å²) < 4.78 is 0. The quantitative estimate of drug-likeness (QED) is 0.719. The van der Waals surface area contributed by atoms with Gasteiger partial charge in [0.15, 0.2) is 0 Å². The first kappa shape index (κ1) is 12.9. The van der Waals surface area contributed by atoms with Crippen molar-refractivity contribution in [2.75, 3.05) is 26.2 Å². The number of rotatable bonds is 5. The third-order valence-electron chi connectivity index (χ3n) is 3.69. The molecule has 0 spiro atoms. The van der Waals surface area contributed by atoms with E-state index in [1.165, 1.54) is 13.1 Å². The van der Waals surface area contributed by atoms with E-state index in [9.17, 15) is 5.11 Å². The third kappa shape index (κ3) is 4.09. The fourth-order valence-corrected chi connectivity index (χ4v) is 2.22. The number of nitrogens with two attached hydrogens (primary N) is 1. The van der Waals surface area contributed by atoms with Crippen LogP contribution in [0.2, 0.25) is 0 Å². The van der Waals surface area contributed by atoms with Gasteiger partial charge in [-0.05, 0) is 38.1 Å². The zero-order valence-electron chi connectivity index (χ0n) is 10.4. The molecule has 0 aromatic rings. The van der Waals surface area contributed by atoms with E-state index in [2.05, 4.69) is 18.7 Å². The van der Waals surface area contributed by atoms with Gasteiger partial charge < -0.3 is 15.7 Å². The van der Waals surface area contributed by atoms with E-state index >= 15 is 0 Å². The average molecular weight is 214 g/mol. The number of aliphatic hydroxyl groups is 1. The largest absolute Gasteiger partial charge is 0.389 e. The zero-order valence-corrected chi connectivity index (χ0v) is 10.4. The molecule has 1 aliphatic rings. The number of nitrogens with zero attached hydrogens (tertiary/aromatic N) is 1. The van der Waals surface area contributed by atoms with Gasteiger partial charge in [0.05, 0.1) is 5.60 Å². The van der Waals surface area contributed by atoms with E-state index in [1.54, 1.807) is 0 Å². The van der Waals surface area contributed by atoms with Crippen LogP contribution in [0.1, 0.15) is 33.6 Å². The molecule has 15 heavy (non-hydrogen) atoms. The summed E-state index contributed by atoms with van der Waals surface area (Å²) in [6.07, 6.45) is 1.85. The summed E-state index contributed by atoms with van der Waals surface area (Å²) >= 11 is 0. The van der Waals surface area contributed by atoms with E-state index in [-0.39, 0.29) is 0 Å². The predicted molar refractivity (Wildman–Crippen MR) is 63.7 cm³/mol. The van der Waals surface area contributed by atoms with Crippen molar-refractivity contribution in [1.29, 1.82) is 0 Å². The van der Waals surface area contributed by atoms with Gasteiger partial charge in [-0.3, -0.25) is 0 Å². The molecule has 0 amide bonds. The molecule has 3 nitrogen and oxygen atoms in total. The lowest BCUT2D eigenvalue weighted by atomic mass is 10.0. The second-order valence-corrected chi connectivity index (χ2v) is 5.52. The maximum atomic E-state index is 9.76. The lowest BCUT2D eigenvalue weighted by Gasteiger charge is -2.22. The van der Waals surface area contributed by atoms with Crippen LogP contribution >= 0.6 is 0 Å². The van der Waals surface area contributed by atoms with Crippen molar-refractivity contribution in [3.05, 3.63) is 0 Å². The van der Waals surface area contributed by atoms with Crippen molar-refractivity contribution in [3.63, 3.8) is 0 Å². The van der Waals surface area contributed by atoms with Crippen molar-refractivity contribution in [2.45, 2.75) is 39.2 Å². The number of likely N-dealkylation sites (tertiary alicyclic amines) is 1. The lowest BCUT2D eigenvalue weighted by molar-refractivity contribution is 0.0550. The Balaban J connectivity index is 2.16. The fourth-order valence-electron chi connectivity index (χ4n) is 2.22. The van der Waals surface area contributed by atoms with Gasteiger partial charge in [0.25, 0.3) is 0 Å². The molecule has 1 aliphatic heterocycles. The summed E-state index contributed by atoms with van der Waals surface area (Å²) in [5.41, 5.74) is 4.81. The first-order chi connectivity index (χ1) is 6.94. The highest BCUT2D eigenvalue weighted by molar-refractivity contribution is 4.80. The van der Waals surface area contributed by atoms with Crippen molar-refractivity contribution in [1.82, 2.24) is 4.90 Å². The first-order valence-corrected chi connectivity index (χ1v) is 6.09. The summed E-state index contributed by atoms with van der Waals surface area (Å²) in [5, 5.41) is 9.76. The van der Waals surface area contributed by atoms with Crippen LogP contribution in [0.5, 0.6) is 0 Å². The SMILES string of the molecule is CC1CN(CCCC(C)(O)CN)CC1C. The van der Waals surface area contributed by atoms with Gasteiger partial charge in [-0.1, -0.05) is 13.8 Å². The Morgan fingerprint density at radius 2 is 1.87 bits per heavy atom. The Labute approximate surface area is 93.6 Å². The van der Waals surface area contributed by atoms with E-state index < -0.39 is 5.60 Å². The standard InChI is InChI=1S/C12H26N2O/c1-10-7-14(8-11(10)2)6-4-5-12(3,15)9-13/h10-11,15H,4-9,13H2,1-3H3. The summed E-state index contributed by atoms with van der Waals surface area (Å²) in [5.74, 6) is 1.64. The molecule has 90 valence electrons. The topological polar surface area (TPSA) is 49.5 Å². The Hall–Kier alpha value is -0.120. The van der Waals surface area contributed by atoms with Gasteiger partial charge in [0.1, 0.15) is 0 Å². The summed E-state index contributed by atoms with van der Waals surface area (Å²) in [7, 11) is 0. The van der Waals surface area contributed by atoms with Crippen LogP contribution in [0.25, 0.3) is 0 Å². The van der Waals surface area contributed by atoms with Gasteiger partial charge in [0.2, 0.25) is 0 Å². The minimum atomic E-state index is -0.670. The van der Waals surface area contributed by atoms with Crippen LogP contribution in [0.3, 0.4) is 0 Å². The van der Waals surface area contributed by atoms with Crippen LogP contribution < -0.4 is 5.73 Å². The smallest absolute Gasteiger partial charge is 0.0741 e. The van der Waals surface area contributed by atoms with Gasteiger partial charge in [-0.15, -0.1) is 0 Å². The minimum Gasteiger partial charge on any atom is -0.389 e. The van der Waals surface area contributed by atoms with Crippen LogP contribution in [0.15, 0.2) is 0 Å². The van der Waals surface area contributed by atoms with Crippen LogP contribution in [0, 0.1) is 11.8 Å². The Morgan fingerprint density at radius 1 is 1.33 bits per heavy atom. The molecule has 0 aromatic carbocycles. The van der Waals surface area contributed by atoms with Crippen LogP contribution in [0.4, 0.5) is 0 Å². The second-order valence-electron chi connectivity index (χ2n) is 5.52. The average Bonchev–Trinajstić information content (AvgIpc) is 2.46. The van der Waals surface area contributed by atoms with E-state index in [0.717, 1.165) is 31.2 Å². The summed E-state index contributed by atoms with van der Waals surface area (Å²) in [6, 6.07) is 0. The molecule has 0 saturated carbocycles. The molecule has 1 heterocycles. The van der Waals surface area contributed by atoms with Crippen molar-refractivity contribution in [2.24, 2.45) is 17.6 Å². The molecule has 0 bridgehead atoms. The zero-order chi connectivity index (χ0) is 11.5. The highest BCUT2D eigenvalue weighted by Gasteiger charge is 2.26. The Morgan fingerprint density at radius 3 is 2.33 bits per heavy atom. The van der Waals surface area contributed by atoms with Gasteiger partial charge >= 0.3 is 0 Å². The van der Waals surface area contributed by atoms with Crippen molar-refractivity contribution in [3.8, 4) is 0 Å². The maximum absolute atomic E-state index is 9.76. The van der Waals surface area contributed by atoms with Gasteiger partial charge in [0, 0.05) is 19.6 Å². The predicted octanol–water partition coefficient (Wildman–Crippen LogP) is 1.06. The molecular weight excluding hydrogens is 188 g/mol. The number of hydrogen-bond acceptors (Lipinski definition) is 3. The molecule has 1 fully saturated rings. The van der Waals surface area contributed by atoms with Crippen LogP contribution in [-0.2, 0) is 0 Å². The monoisotopic (exact) mass is 214 g/mol. The number of hydrogen-bond donors (Lipinski definition) is 2. The fraction of sp³-hybridized carbons (Fsp3) is 1.00. The minimum absolute atomic E-state index is 0.361. The molecule has 3 atom stereocenters. The highest BCUT2D eigenvalue weighted by atomic mass is 16.3. The molecule has 0 aromatic heterocycles. The van der Waals surface area contributed by atoms with E-state index in [1.807, 2.05) is 6.92 Å². The molecule has 1 rings (SSSR count). The van der Waals surface area contributed by atoms with Crippen LogP contribution in [-0.4, -0.2) is 41.8 Å². The molecule has 1 saturated heterocycles. The Bertz CT molecular complexity index is 184. The van der Waals surface area contributed by atoms with Crippen molar-refractivity contribution < 1.29 is 5.11 Å². The van der Waals surface area contributed by atoms with Crippen molar-refractivity contribution >= 4 is 0 Å². The highest BCUT2D eigenvalue weighted by Crippen LogP contribution is 2.22. The normalized spacial score (nSPS) is 31.8. The van der Waals surface area contributed by atoms with E-state index in [4.69, 9.17) is 5.73 Å². The van der Waals surface area contributed by atoms with Gasteiger partial charge in [-0.2, -0.15) is 0 Å². The first-order valence-electron chi connectivity index (χ1n) is 6.09. The molecule has 3 N–H and O–H groups in total. The Kier molecular flexibility index (Phi) is 4.56. The molecule has 0 radical (unpaired) electrons. The summed E-state index contributed by atoms with van der Waals surface area (Å²) in [4.78, 5) is 2.50. The maximum Gasteiger partial charge on any atom is 0.0741 e. The van der Waals surface area contributed by atoms with E-state index in [0.29, 0.717) is 6.54 Å². The summed E-state index contributed by atoms with van der Waals surface area (Å²) in [6.45, 7) is 10.4. The molecule has 0 aliphatic carbocycles. The third-order valence-corrected chi connectivity index (χ3v) is 3.69. The molecule has 3 heteroatoms. The van der Waals surface area contributed by atoms with Gasteiger partial charge in [-0.25, -0.2) is 0 Å².